The van der Waals surface area contributed by atoms with Crippen LogP contribution < -0.4 is 14.4 Å². The Morgan fingerprint density at radius 3 is 2.65 bits per heavy atom. The van der Waals surface area contributed by atoms with Crippen LogP contribution in [0.5, 0.6) is 11.5 Å². The predicted molar refractivity (Wildman–Crippen MR) is 123 cm³/mol. The molecule has 6 nitrogen and oxygen atoms in total. The minimum absolute atomic E-state index is 0.0638. The fourth-order valence-corrected chi connectivity index (χ4v) is 4.38. The molecule has 3 heterocycles. The van der Waals surface area contributed by atoms with E-state index in [9.17, 15) is 18.0 Å². The van der Waals surface area contributed by atoms with E-state index in [0.29, 0.717) is 38.5 Å². The van der Waals surface area contributed by atoms with Crippen molar-refractivity contribution in [1.29, 1.82) is 0 Å². The molecule has 1 fully saturated rings. The van der Waals surface area contributed by atoms with Gasteiger partial charge in [0.15, 0.2) is 0 Å². The van der Waals surface area contributed by atoms with Gasteiger partial charge in [0.25, 0.3) is 0 Å². The molecule has 1 saturated heterocycles. The van der Waals surface area contributed by atoms with Crippen molar-refractivity contribution in [2.45, 2.75) is 32.5 Å². The lowest BCUT2D eigenvalue weighted by atomic mass is 10.1. The summed E-state index contributed by atoms with van der Waals surface area (Å²) >= 11 is 6.06. The van der Waals surface area contributed by atoms with Crippen LogP contribution in [0.2, 0.25) is 5.02 Å². The van der Waals surface area contributed by atoms with Crippen LogP contribution in [0.15, 0.2) is 30.5 Å². The van der Waals surface area contributed by atoms with Crippen LogP contribution in [0.1, 0.15) is 30.5 Å². The molecule has 1 atom stereocenters. The molecule has 4 rings (SSSR count). The summed E-state index contributed by atoms with van der Waals surface area (Å²) in [5.41, 5.74) is 0.964. The molecular formula is C24H25ClF3N3O3. The van der Waals surface area contributed by atoms with Crippen LogP contribution >= 0.6 is 11.6 Å². The van der Waals surface area contributed by atoms with Crippen molar-refractivity contribution in [2.75, 3.05) is 37.7 Å². The van der Waals surface area contributed by atoms with E-state index in [-0.39, 0.29) is 22.9 Å². The van der Waals surface area contributed by atoms with E-state index in [4.69, 9.17) is 21.1 Å². The molecule has 2 aliphatic heterocycles. The Hall–Kier alpha value is -2.94. The van der Waals surface area contributed by atoms with Crippen molar-refractivity contribution >= 4 is 29.4 Å². The number of benzene rings is 1. The number of aromatic nitrogens is 1. The van der Waals surface area contributed by atoms with Gasteiger partial charge in [-0.15, -0.1) is 0 Å². The van der Waals surface area contributed by atoms with Gasteiger partial charge >= 0.3 is 6.18 Å². The Morgan fingerprint density at radius 1 is 1.26 bits per heavy atom. The van der Waals surface area contributed by atoms with Crippen molar-refractivity contribution in [3.05, 3.63) is 52.2 Å². The maximum atomic E-state index is 12.8. The molecule has 182 valence electrons. The third kappa shape index (κ3) is 5.24. The van der Waals surface area contributed by atoms with E-state index >= 15 is 0 Å². The van der Waals surface area contributed by atoms with Gasteiger partial charge in [-0.2, -0.15) is 13.2 Å². The normalized spacial score (nSPS) is 18.2. The Labute approximate surface area is 200 Å². The van der Waals surface area contributed by atoms with Gasteiger partial charge in [-0.3, -0.25) is 4.79 Å². The first-order valence-electron chi connectivity index (χ1n) is 11.1. The minimum atomic E-state index is -4.50. The summed E-state index contributed by atoms with van der Waals surface area (Å²) in [5, 5.41) is -0.0638. The molecular weight excluding hydrogens is 471 g/mol. The summed E-state index contributed by atoms with van der Waals surface area (Å²) in [6.45, 7) is 6.02. The summed E-state index contributed by atoms with van der Waals surface area (Å²) in [6.07, 6.45) is 0.424. The zero-order valence-corrected chi connectivity index (χ0v) is 19.6. The number of rotatable bonds is 5. The van der Waals surface area contributed by atoms with Crippen LogP contribution in [-0.4, -0.2) is 54.7 Å². The second-order valence-corrected chi connectivity index (χ2v) is 8.64. The van der Waals surface area contributed by atoms with Crippen molar-refractivity contribution in [1.82, 2.24) is 9.88 Å². The Balaban J connectivity index is 1.40. The van der Waals surface area contributed by atoms with Gasteiger partial charge in [0.1, 0.15) is 23.4 Å². The van der Waals surface area contributed by atoms with E-state index in [1.165, 1.54) is 6.08 Å². The maximum absolute atomic E-state index is 12.8. The molecule has 1 amide bonds. The summed E-state index contributed by atoms with van der Waals surface area (Å²) < 4.78 is 50.1. The first kappa shape index (κ1) is 24.2. The van der Waals surface area contributed by atoms with E-state index in [1.807, 2.05) is 26.0 Å². The molecule has 0 N–H and O–H groups in total. The van der Waals surface area contributed by atoms with E-state index < -0.39 is 11.7 Å². The van der Waals surface area contributed by atoms with Crippen LogP contribution in [0.4, 0.5) is 19.0 Å². The number of hydrogen-bond acceptors (Lipinski definition) is 5. The Kier molecular flexibility index (Phi) is 6.93. The number of piperazine rings is 1. The lowest BCUT2D eigenvalue weighted by molar-refractivity contribution is -0.137. The number of halogens is 4. The smallest absolute Gasteiger partial charge is 0.417 e. The lowest BCUT2D eigenvalue weighted by Gasteiger charge is -2.35. The zero-order valence-electron chi connectivity index (χ0n) is 18.9. The van der Waals surface area contributed by atoms with Crippen molar-refractivity contribution in [2.24, 2.45) is 0 Å². The standard InChI is InChI=1S/C24H25ClF3N3O3/c1-3-33-20-12-17-10-15(2)34-21(17)11-16(20)4-5-22(32)30-6-8-31(9-7-30)23-19(25)13-18(14-29-23)24(26,27)28/h4-5,11-15H,3,6-10H2,1-2H3/b5-4+. The lowest BCUT2D eigenvalue weighted by Crippen LogP contribution is -2.48. The fourth-order valence-electron chi connectivity index (χ4n) is 4.09. The third-order valence-electron chi connectivity index (χ3n) is 5.77. The summed E-state index contributed by atoms with van der Waals surface area (Å²) in [5.74, 6) is 1.63. The van der Waals surface area contributed by atoms with Crippen molar-refractivity contribution in [3.8, 4) is 11.5 Å². The second kappa shape index (κ2) is 9.74. The number of anilines is 1. The molecule has 1 aromatic carbocycles. The fraction of sp³-hybridized carbons (Fsp3) is 0.417. The highest BCUT2D eigenvalue weighted by atomic mass is 35.5. The number of carbonyl (C=O) groups excluding carboxylic acids is 1. The Bertz CT molecular complexity index is 1100. The van der Waals surface area contributed by atoms with Crippen LogP contribution in [0.25, 0.3) is 6.08 Å². The van der Waals surface area contributed by atoms with Gasteiger partial charge in [0, 0.05) is 56.0 Å². The molecule has 2 aliphatic rings. The molecule has 0 radical (unpaired) electrons. The molecule has 34 heavy (non-hydrogen) atoms. The molecule has 10 heteroatoms. The second-order valence-electron chi connectivity index (χ2n) is 8.24. The molecule has 0 aliphatic carbocycles. The van der Waals surface area contributed by atoms with Crippen LogP contribution in [-0.2, 0) is 17.4 Å². The number of ether oxygens (including phenoxy) is 2. The minimum Gasteiger partial charge on any atom is -0.493 e. The van der Waals surface area contributed by atoms with Crippen LogP contribution in [0.3, 0.4) is 0 Å². The average molecular weight is 496 g/mol. The van der Waals surface area contributed by atoms with E-state index in [2.05, 4.69) is 4.98 Å². The van der Waals surface area contributed by atoms with Crippen LogP contribution in [0, 0.1) is 0 Å². The monoisotopic (exact) mass is 495 g/mol. The number of nitrogens with zero attached hydrogens (tertiary/aromatic N) is 3. The quantitative estimate of drug-likeness (QED) is 0.556. The van der Waals surface area contributed by atoms with Gasteiger partial charge in [-0.05, 0) is 38.1 Å². The Morgan fingerprint density at radius 2 is 2.00 bits per heavy atom. The number of carbonyl (C=O) groups is 1. The van der Waals surface area contributed by atoms with E-state index in [1.54, 1.807) is 15.9 Å². The van der Waals surface area contributed by atoms with Gasteiger partial charge in [0.2, 0.25) is 5.91 Å². The summed E-state index contributed by atoms with van der Waals surface area (Å²) in [7, 11) is 0. The largest absolute Gasteiger partial charge is 0.493 e. The first-order valence-corrected chi connectivity index (χ1v) is 11.4. The highest BCUT2D eigenvalue weighted by molar-refractivity contribution is 6.33. The SMILES string of the molecule is CCOc1cc2c(cc1/C=C/C(=O)N1CCN(c3ncc(C(F)(F)F)cc3Cl)CC1)OC(C)C2. The first-order chi connectivity index (χ1) is 16.2. The van der Waals surface area contributed by atoms with Crippen molar-refractivity contribution in [3.63, 3.8) is 0 Å². The molecule has 1 unspecified atom stereocenters. The third-order valence-corrected chi connectivity index (χ3v) is 6.05. The predicted octanol–water partition coefficient (Wildman–Crippen LogP) is 4.84. The number of alkyl halides is 3. The van der Waals surface area contributed by atoms with Gasteiger partial charge in [-0.25, -0.2) is 4.98 Å². The topological polar surface area (TPSA) is 54.9 Å². The zero-order chi connectivity index (χ0) is 24.5. The van der Waals surface area contributed by atoms with Crippen molar-refractivity contribution < 1.29 is 27.4 Å². The highest BCUT2D eigenvalue weighted by Gasteiger charge is 2.32. The molecule has 1 aromatic heterocycles. The molecule has 2 aromatic rings. The van der Waals surface area contributed by atoms with Gasteiger partial charge in [-0.1, -0.05) is 11.6 Å². The maximum Gasteiger partial charge on any atom is 0.417 e. The highest BCUT2D eigenvalue weighted by Crippen LogP contribution is 2.36. The number of hydrogen-bond donors (Lipinski definition) is 0. The number of amides is 1. The molecule has 0 saturated carbocycles. The summed E-state index contributed by atoms with van der Waals surface area (Å²) in [6, 6.07) is 4.73. The molecule has 0 bridgehead atoms. The summed E-state index contributed by atoms with van der Waals surface area (Å²) in [4.78, 5) is 20.1. The number of fused-ring (bicyclic) bond motifs is 1. The van der Waals surface area contributed by atoms with Gasteiger partial charge in [0.05, 0.1) is 17.2 Å². The van der Waals surface area contributed by atoms with Gasteiger partial charge < -0.3 is 19.3 Å². The molecule has 0 spiro atoms. The average Bonchev–Trinajstić information content (AvgIpc) is 3.15. The number of pyridine rings is 1. The van der Waals surface area contributed by atoms with E-state index in [0.717, 1.165) is 35.6 Å².